The molecular formula is C17H20Cl2N2O4. The van der Waals surface area contributed by atoms with Gasteiger partial charge in [0.25, 0.3) is 5.91 Å². The number of halogens is 2. The van der Waals surface area contributed by atoms with E-state index in [4.69, 9.17) is 28.3 Å². The van der Waals surface area contributed by atoms with E-state index in [2.05, 4.69) is 10.6 Å². The lowest BCUT2D eigenvalue weighted by atomic mass is 9.86. The monoisotopic (exact) mass is 386 g/mol. The van der Waals surface area contributed by atoms with Crippen molar-refractivity contribution in [2.75, 3.05) is 0 Å². The van der Waals surface area contributed by atoms with Crippen molar-refractivity contribution in [3.8, 4) is 0 Å². The van der Waals surface area contributed by atoms with Crippen LogP contribution in [0.25, 0.3) is 0 Å². The molecule has 6 nitrogen and oxygen atoms in total. The number of nitrogens with one attached hydrogen (secondary N) is 2. The molecule has 2 amide bonds. The molecule has 1 aliphatic rings. The van der Waals surface area contributed by atoms with Crippen LogP contribution in [-0.2, 0) is 9.59 Å². The minimum absolute atomic E-state index is 0.0720. The van der Waals surface area contributed by atoms with Gasteiger partial charge in [0.05, 0.1) is 21.5 Å². The molecule has 1 unspecified atom stereocenters. The van der Waals surface area contributed by atoms with Gasteiger partial charge in [-0.15, -0.1) is 0 Å². The number of amides is 2. The van der Waals surface area contributed by atoms with Crippen molar-refractivity contribution in [1.82, 2.24) is 10.6 Å². The zero-order valence-corrected chi connectivity index (χ0v) is 15.2. The lowest BCUT2D eigenvalue weighted by Crippen LogP contribution is -2.49. The molecule has 1 atom stereocenters. The summed E-state index contributed by atoms with van der Waals surface area (Å²) >= 11 is 11.9. The maximum Gasteiger partial charge on any atom is 0.306 e. The highest BCUT2D eigenvalue weighted by atomic mass is 35.5. The number of hydrogen-bond acceptors (Lipinski definition) is 3. The first kappa shape index (κ1) is 19.5. The van der Waals surface area contributed by atoms with E-state index < -0.39 is 17.9 Å². The topological polar surface area (TPSA) is 95.5 Å². The van der Waals surface area contributed by atoms with Gasteiger partial charge < -0.3 is 15.7 Å². The molecule has 0 spiro atoms. The van der Waals surface area contributed by atoms with E-state index in [9.17, 15) is 14.4 Å². The van der Waals surface area contributed by atoms with Crippen LogP contribution in [0, 0.1) is 5.92 Å². The Morgan fingerprint density at radius 3 is 2.40 bits per heavy atom. The average Bonchev–Trinajstić information content (AvgIpc) is 2.57. The van der Waals surface area contributed by atoms with Gasteiger partial charge in [0.15, 0.2) is 0 Å². The van der Waals surface area contributed by atoms with Crippen molar-refractivity contribution in [3.05, 3.63) is 33.8 Å². The van der Waals surface area contributed by atoms with Gasteiger partial charge in [0.1, 0.15) is 6.04 Å². The molecule has 0 bridgehead atoms. The van der Waals surface area contributed by atoms with Crippen LogP contribution in [0.1, 0.15) is 43.0 Å². The van der Waals surface area contributed by atoms with Crippen LogP contribution >= 0.6 is 23.2 Å². The van der Waals surface area contributed by atoms with Crippen LogP contribution in [0.15, 0.2) is 18.2 Å². The fourth-order valence-electron chi connectivity index (χ4n) is 2.83. The van der Waals surface area contributed by atoms with E-state index in [0.29, 0.717) is 25.7 Å². The van der Waals surface area contributed by atoms with Crippen molar-refractivity contribution < 1.29 is 19.5 Å². The fourth-order valence-corrected chi connectivity index (χ4v) is 3.22. The van der Waals surface area contributed by atoms with Crippen LogP contribution < -0.4 is 10.6 Å². The molecule has 2 rings (SSSR count). The summed E-state index contributed by atoms with van der Waals surface area (Å²) in [5, 5.41) is 14.8. The molecule has 8 heteroatoms. The van der Waals surface area contributed by atoms with Gasteiger partial charge in [-0.2, -0.15) is 0 Å². The van der Waals surface area contributed by atoms with Gasteiger partial charge in [-0.25, -0.2) is 0 Å². The van der Waals surface area contributed by atoms with Crippen molar-refractivity contribution in [2.24, 2.45) is 5.92 Å². The van der Waals surface area contributed by atoms with Gasteiger partial charge in [-0.05, 0) is 44.7 Å². The number of carboxylic acids is 1. The van der Waals surface area contributed by atoms with E-state index in [1.54, 1.807) is 19.1 Å². The summed E-state index contributed by atoms with van der Waals surface area (Å²) < 4.78 is 0. The third-order valence-electron chi connectivity index (χ3n) is 4.36. The smallest absolute Gasteiger partial charge is 0.306 e. The molecule has 1 fully saturated rings. The maximum atomic E-state index is 12.2. The summed E-state index contributed by atoms with van der Waals surface area (Å²) in [4.78, 5) is 35.4. The SMILES string of the molecule is CC(NC(=O)c1cccc(Cl)c1Cl)C(=O)NC1CCC(C(=O)O)CC1. The zero-order valence-electron chi connectivity index (χ0n) is 13.7. The fraction of sp³-hybridized carbons (Fsp3) is 0.471. The number of carboxylic acid groups (broad SMARTS) is 1. The first-order valence-electron chi connectivity index (χ1n) is 8.07. The summed E-state index contributed by atoms with van der Waals surface area (Å²) in [6.07, 6.45) is 2.31. The van der Waals surface area contributed by atoms with Crippen LogP contribution in [0.2, 0.25) is 10.0 Å². The Kier molecular flexibility index (Phi) is 6.67. The first-order valence-corrected chi connectivity index (χ1v) is 8.83. The predicted octanol–water partition coefficient (Wildman–Crippen LogP) is 2.87. The highest BCUT2D eigenvalue weighted by Crippen LogP contribution is 2.26. The van der Waals surface area contributed by atoms with Crippen LogP contribution in [0.4, 0.5) is 0 Å². The molecule has 0 aromatic heterocycles. The normalized spacial score (nSPS) is 21.2. The number of carbonyl (C=O) groups is 3. The van der Waals surface area contributed by atoms with E-state index in [1.807, 2.05) is 0 Å². The summed E-state index contributed by atoms with van der Waals surface area (Å²) in [5.41, 5.74) is 0.204. The molecule has 0 radical (unpaired) electrons. The quantitative estimate of drug-likeness (QED) is 0.724. The second-order valence-corrected chi connectivity index (χ2v) is 6.98. The molecule has 3 N–H and O–H groups in total. The third-order valence-corrected chi connectivity index (χ3v) is 5.18. The zero-order chi connectivity index (χ0) is 18.6. The number of aliphatic carboxylic acids is 1. The van der Waals surface area contributed by atoms with Crippen molar-refractivity contribution in [3.63, 3.8) is 0 Å². The Bertz CT molecular complexity index is 673. The van der Waals surface area contributed by atoms with Crippen LogP contribution in [0.3, 0.4) is 0 Å². The maximum absolute atomic E-state index is 12.2. The highest BCUT2D eigenvalue weighted by Gasteiger charge is 2.28. The summed E-state index contributed by atoms with van der Waals surface area (Å²) in [5.74, 6) is -1.92. The number of rotatable bonds is 5. The Labute approximate surface area is 155 Å². The predicted molar refractivity (Wildman–Crippen MR) is 94.9 cm³/mol. The molecule has 136 valence electrons. The Balaban J connectivity index is 1.87. The van der Waals surface area contributed by atoms with Crippen molar-refractivity contribution in [2.45, 2.75) is 44.7 Å². The Morgan fingerprint density at radius 1 is 1.16 bits per heavy atom. The van der Waals surface area contributed by atoms with Gasteiger partial charge in [0, 0.05) is 6.04 Å². The molecule has 1 aromatic rings. The van der Waals surface area contributed by atoms with E-state index >= 15 is 0 Å². The number of carbonyl (C=O) groups excluding carboxylic acids is 2. The van der Waals surface area contributed by atoms with E-state index in [1.165, 1.54) is 6.07 Å². The molecule has 0 aliphatic heterocycles. The number of hydrogen-bond donors (Lipinski definition) is 3. The molecule has 0 heterocycles. The van der Waals surface area contributed by atoms with Crippen molar-refractivity contribution >= 4 is 41.0 Å². The second-order valence-electron chi connectivity index (χ2n) is 6.19. The summed E-state index contributed by atoms with van der Waals surface area (Å²) in [7, 11) is 0. The largest absolute Gasteiger partial charge is 0.481 e. The van der Waals surface area contributed by atoms with Crippen LogP contribution in [-0.4, -0.2) is 35.0 Å². The molecule has 0 saturated heterocycles. The van der Waals surface area contributed by atoms with Crippen LogP contribution in [0.5, 0.6) is 0 Å². The first-order chi connectivity index (χ1) is 11.8. The number of benzene rings is 1. The summed E-state index contributed by atoms with van der Waals surface area (Å²) in [6.45, 7) is 1.58. The highest BCUT2D eigenvalue weighted by molar-refractivity contribution is 6.43. The second kappa shape index (κ2) is 8.54. The minimum atomic E-state index is -0.788. The van der Waals surface area contributed by atoms with Gasteiger partial charge in [0.2, 0.25) is 5.91 Å². The third kappa shape index (κ3) is 5.09. The van der Waals surface area contributed by atoms with Gasteiger partial charge in [-0.1, -0.05) is 29.3 Å². The van der Waals surface area contributed by atoms with Crippen molar-refractivity contribution in [1.29, 1.82) is 0 Å². The molecular weight excluding hydrogens is 367 g/mol. The average molecular weight is 387 g/mol. The Hall–Kier alpha value is -1.79. The molecule has 25 heavy (non-hydrogen) atoms. The summed E-state index contributed by atoms with van der Waals surface area (Å²) in [6, 6.07) is 3.89. The molecule has 1 aliphatic carbocycles. The molecule has 1 aromatic carbocycles. The minimum Gasteiger partial charge on any atom is -0.481 e. The van der Waals surface area contributed by atoms with Gasteiger partial charge in [-0.3, -0.25) is 14.4 Å². The standard InChI is InChI=1S/C17H20Cl2N2O4/c1-9(20-16(23)12-3-2-4-13(18)14(12)19)15(22)21-11-7-5-10(6-8-11)17(24)25/h2-4,9-11H,5-8H2,1H3,(H,20,23)(H,21,22)(H,24,25). The van der Waals surface area contributed by atoms with E-state index in [-0.39, 0.29) is 33.5 Å². The van der Waals surface area contributed by atoms with E-state index in [0.717, 1.165) is 0 Å². The lowest BCUT2D eigenvalue weighted by Gasteiger charge is -2.28. The molecule has 1 saturated carbocycles. The van der Waals surface area contributed by atoms with Gasteiger partial charge >= 0.3 is 5.97 Å². The lowest BCUT2D eigenvalue weighted by molar-refractivity contribution is -0.142. The Morgan fingerprint density at radius 2 is 1.80 bits per heavy atom.